The molecular weight excluding hydrogens is 622 g/mol. The van der Waals surface area contributed by atoms with Crippen LogP contribution in [0.15, 0.2) is 45.6 Å². The summed E-state index contributed by atoms with van der Waals surface area (Å²) in [5, 5.41) is 3.30. The number of benzene rings is 2. The molecule has 1 aliphatic heterocycles. The van der Waals surface area contributed by atoms with Gasteiger partial charge in [0.15, 0.2) is 0 Å². The third kappa shape index (κ3) is 7.71. The van der Waals surface area contributed by atoms with Gasteiger partial charge in [0.05, 0.1) is 12.5 Å². The van der Waals surface area contributed by atoms with E-state index in [0.29, 0.717) is 47.5 Å². The number of hydrogen-bond donors (Lipinski definition) is 1. The first-order valence-corrected chi connectivity index (χ1v) is 17.6. The summed E-state index contributed by atoms with van der Waals surface area (Å²) in [6.45, 7) is 14.0. The maximum Gasteiger partial charge on any atom is 0.349 e. The van der Waals surface area contributed by atoms with Gasteiger partial charge in [-0.25, -0.2) is 4.79 Å². The Kier molecular flexibility index (Phi) is 10.3. The van der Waals surface area contributed by atoms with Gasteiger partial charge in [-0.3, -0.25) is 14.4 Å². The summed E-state index contributed by atoms with van der Waals surface area (Å²) in [7, 11) is 1.51. The van der Waals surface area contributed by atoms with Gasteiger partial charge < -0.3 is 23.9 Å². The largest absolute Gasteiger partial charge is 0.497 e. The molecule has 0 radical (unpaired) electrons. The lowest BCUT2D eigenvalue weighted by molar-refractivity contribution is -0.143. The van der Waals surface area contributed by atoms with E-state index in [9.17, 15) is 19.2 Å². The number of nitrogens with one attached hydrogen (secondary N) is 1. The van der Waals surface area contributed by atoms with Gasteiger partial charge in [0, 0.05) is 48.2 Å². The fourth-order valence-corrected chi connectivity index (χ4v) is 7.25. The van der Waals surface area contributed by atoms with E-state index in [1.165, 1.54) is 19.6 Å². The molecule has 2 heterocycles. The van der Waals surface area contributed by atoms with Gasteiger partial charge in [-0.05, 0) is 81.8 Å². The summed E-state index contributed by atoms with van der Waals surface area (Å²) < 4.78 is 23.5. The number of ketones is 1. The molecule has 5 rings (SSSR count). The molecule has 264 valence electrons. The lowest BCUT2D eigenvalue weighted by Gasteiger charge is -2.47. The fourth-order valence-electron chi connectivity index (χ4n) is 7.25. The van der Waals surface area contributed by atoms with Gasteiger partial charge in [0.25, 0.3) is 5.91 Å². The molecule has 2 aliphatic rings. The molecule has 0 bridgehead atoms. The number of rotatable bonds is 12. The van der Waals surface area contributed by atoms with Gasteiger partial charge in [-0.1, -0.05) is 46.5 Å². The summed E-state index contributed by atoms with van der Waals surface area (Å²) in [6.07, 6.45) is 7.12. The first-order chi connectivity index (χ1) is 23.1. The first kappa shape index (κ1) is 36.1. The van der Waals surface area contributed by atoms with E-state index in [1.54, 1.807) is 32.0 Å². The fraction of sp³-hybridized carbons (Fsp3) is 0.550. The highest BCUT2D eigenvalue weighted by Gasteiger charge is 2.48. The van der Waals surface area contributed by atoms with Crippen LogP contribution in [0.5, 0.6) is 17.2 Å². The number of ether oxygens (including phenoxy) is 3. The number of methoxy groups -OCH3 is 1. The van der Waals surface area contributed by atoms with Crippen LogP contribution in [0.25, 0.3) is 11.0 Å². The standard InChI is InChI=1S/C40H51NO8/c1-9-10-11-12-17-38(2,3)25-19-32(34-28-21-26(42)14-16-30(28)40(6,7)49-33(34)20-25)48-37(45)39(4,5)23-41-35(43)29-18-24-13-15-27(46-8)22-31(24)47-36(29)44/h13,15,18-20,22,28,30H,9-12,14,16-17,21,23H2,1-8H3,(H,41,43)/t28-,30-/m1/s1. The smallest absolute Gasteiger partial charge is 0.349 e. The van der Waals surface area contributed by atoms with Gasteiger partial charge >= 0.3 is 11.6 Å². The summed E-state index contributed by atoms with van der Waals surface area (Å²) in [5.74, 6) is 0.535. The number of amides is 1. The third-order valence-electron chi connectivity index (χ3n) is 10.5. The Hall–Kier alpha value is -4.14. The Bertz CT molecular complexity index is 1800. The minimum Gasteiger partial charge on any atom is -0.497 e. The van der Waals surface area contributed by atoms with E-state index in [2.05, 4.69) is 46.0 Å². The quantitative estimate of drug-likeness (QED) is 0.0888. The van der Waals surface area contributed by atoms with Crippen molar-refractivity contribution in [2.24, 2.45) is 11.3 Å². The molecule has 0 saturated heterocycles. The van der Waals surface area contributed by atoms with Crippen molar-refractivity contribution in [2.45, 2.75) is 117 Å². The van der Waals surface area contributed by atoms with Gasteiger partial charge in [-0.2, -0.15) is 0 Å². The van der Waals surface area contributed by atoms with Crippen LogP contribution < -0.4 is 25.2 Å². The van der Waals surface area contributed by atoms with Crippen molar-refractivity contribution in [2.75, 3.05) is 13.7 Å². The highest BCUT2D eigenvalue weighted by molar-refractivity contribution is 5.97. The van der Waals surface area contributed by atoms with Crippen LogP contribution >= 0.6 is 0 Å². The van der Waals surface area contributed by atoms with E-state index >= 15 is 0 Å². The number of Topliss-reactive ketones (excluding diaryl/α,β-unsaturated/α-hetero) is 1. The average Bonchev–Trinajstić information content (AvgIpc) is 3.04. The van der Waals surface area contributed by atoms with Crippen molar-refractivity contribution in [3.05, 3.63) is 63.5 Å². The second-order valence-electron chi connectivity index (χ2n) is 15.6. The van der Waals surface area contributed by atoms with Gasteiger partial charge in [0.1, 0.15) is 39.8 Å². The van der Waals surface area contributed by atoms with E-state index < -0.39 is 28.5 Å². The maximum absolute atomic E-state index is 14.0. The van der Waals surface area contributed by atoms with Crippen LogP contribution in [0, 0.1) is 11.3 Å². The number of carbonyl (C=O) groups excluding carboxylic acids is 3. The molecular formula is C40H51NO8. The molecule has 3 aromatic rings. The zero-order valence-electron chi connectivity index (χ0n) is 30.2. The van der Waals surface area contributed by atoms with Crippen molar-refractivity contribution in [3.8, 4) is 17.2 Å². The lowest BCUT2D eigenvalue weighted by atomic mass is 9.66. The molecule has 0 spiro atoms. The number of esters is 1. The third-order valence-corrected chi connectivity index (χ3v) is 10.5. The molecule has 1 fully saturated rings. The maximum atomic E-state index is 14.0. The van der Waals surface area contributed by atoms with E-state index in [4.69, 9.17) is 18.6 Å². The van der Waals surface area contributed by atoms with Crippen molar-refractivity contribution >= 4 is 28.6 Å². The summed E-state index contributed by atoms with van der Waals surface area (Å²) in [6, 6.07) is 10.5. The van der Waals surface area contributed by atoms with Crippen molar-refractivity contribution in [1.82, 2.24) is 5.32 Å². The lowest BCUT2D eigenvalue weighted by Crippen LogP contribution is -2.47. The van der Waals surface area contributed by atoms with E-state index in [-0.39, 0.29) is 35.1 Å². The van der Waals surface area contributed by atoms with Crippen molar-refractivity contribution < 1.29 is 33.0 Å². The molecule has 2 aromatic carbocycles. The summed E-state index contributed by atoms with van der Waals surface area (Å²) in [4.78, 5) is 52.6. The second kappa shape index (κ2) is 14.0. The van der Waals surface area contributed by atoms with Crippen LogP contribution in [0.1, 0.15) is 127 Å². The number of hydrogen-bond acceptors (Lipinski definition) is 8. The summed E-state index contributed by atoms with van der Waals surface area (Å²) in [5.41, 5.74) is -0.767. The molecule has 9 heteroatoms. The molecule has 1 aliphatic carbocycles. The van der Waals surface area contributed by atoms with Crippen LogP contribution in [0.2, 0.25) is 0 Å². The number of carbonyl (C=O) groups is 3. The average molecular weight is 674 g/mol. The zero-order chi connectivity index (χ0) is 35.7. The predicted molar refractivity (Wildman–Crippen MR) is 189 cm³/mol. The topological polar surface area (TPSA) is 121 Å². The van der Waals surface area contributed by atoms with Crippen molar-refractivity contribution in [3.63, 3.8) is 0 Å². The van der Waals surface area contributed by atoms with Crippen LogP contribution in [0.4, 0.5) is 0 Å². The molecule has 0 unspecified atom stereocenters. The second-order valence-corrected chi connectivity index (χ2v) is 15.6. The highest BCUT2D eigenvalue weighted by atomic mass is 16.5. The minimum atomic E-state index is -1.17. The molecule has 1 N–H and O–H groups in total. The Balaban J connectivity index is 1.42. The van der Waals surface area contributed by atoms with Crippen LogP contribution in [0.3, 0.4) is 0 Å². The summed E-state index contributed by atoms with van der Waals surface area (Å²) >= 11 is 0. The van der Waals surface area contributed by atoms with E-state index in [0.717, 1.165) is 36.8 Å². The van der Waals surface area contributed by atoms with Crippen LogP contribution in [-0.4, -0.2) is 36.9 Å². The van der Waals surface area contributed by atoms with Gasteiger partial charge in [-0.15, -0.1) is 0 Å². The first-order valence-electron chi connectivity index (χ1n) is 17.6. The normalized spacial score (nSPS) is 18.7. The SMILES string of the molecule is CCCCCCC(C)(C)c1cc(OC(=O)C(C)(C)CNC(=O)c2cc3ccc(OC)cc3oc2=O)c2c(c1)OC(C)(C)[C@@H]1CCC(=O)C[C@@H]21. The molecule has 1 saturated carbocycles. The Morgan fingerprint density at radius 1 is 1.02 bits per heavy atom. The van der Waals surface area contributed by atoms with Crippen LogP contribution in [-0.2, 0) is 15.0 Å². The number of fused-ring (bicyclic) bond motifs is 4. The Morgan fingerprint density at radius 3 is 2.49 bits per heavy atom. The number of unbranched alkanes of at least 4 members (excludes halogenated alkanes) is 3. The van der Waals surface area contributed by atoms with E-state index in [1.807, 2.05) is 6.07 Å². The zero-order valence-corrected chi connectivity index (χ0v) is 30.2. The van der Waals surface area contributed by atoms with Gasteiger partial charge in [0.2, 0.25) is 0 Å². The minimum absolute atomic E-state index is 0.0881. The Morgan fingerprint density at radius 2 is 1.78 bits per heavy atom. The molecule has 2 atom stereocenters. The molecule has 9 nitrogen and oxygen atoms in total. The molecule has 1 aromatic heterocycles. The highest BCUT2D eigenvalue weighted by Crippen LogP contribution is 2.55. The molecule has 49 heavy (non-hydrogen) atoms. The Labute approximate surface area is 289 Å². The predicted octanol–water partition coefficient (Wildman–Crippen LogP) is 8.04. The monoisotopic (exact) mass is 673 g/mol. The van der Waals surface area contributed by atoms with Crippen molar-refractivity contribution in [1.29, 1.82) is 0 Å². The molecule has 1 amide bonds.